The van der Waals surface area contributed by atoms with E-state index in [0.717, 1.165) is 36.2 Å². The Hall–Kier alpha value is -3.46. The number of pyridine rings is 1. The Morgan fingerprint density at radius 2 is 1.97 bits per heavy atom. The number of nitriles is 1. The van der Waals surface area contributed by atoms with Gasteiger partial charge in [0.2, 0.25) is 0 Å². The predicted octanol–water partition coefficient (Wildman–Crippen LogP) is 6.05. The SMILES string of the molecule is C[C@H]1C(=O)C(C#N)=C[C@@]2(C)c3nc(-c4ccnc5c(F)cccc45)nc(CC4CCCC4)c3CC[C@H]12. The van der Waals surface area contributed by atoms with Crippen molar-refractivity contribution in [2.45, 2.75) is 64.2 Å². The minimum absolute atomic E-state index is 0.0699. The lowest BCUT2D eigenvalue weighted by Gasteiger charge is -2.45. The highest BCUT2D eigenvalue weighted by molar-refractivity contribution is 6.02. The summed E-state index contributed by atoms with van der Waals surface area (Å²) >= 11 is 0. The van der Waals surface area contributed by atoms with E-state index in [0.29, 0.717) is 22.6 Å². The number of allylic oxidation sites excluding steroid dienone is 2. The van der Waals surface area contributed by atoms with Crippen molar-refractivity contribution in [3.8, 4) is 17.5 Å². The zero-order valence-corrected chi connectivity index (χ0v) is 20.7. The molecular weight excluding hydrogens is 451 g/mol. The summed E-state index contributed by atoms with van der Waals surface area (Å²) in [6, 6.07) is 8.96. The van der Waals surface area contributed by atoms with Crippen LogP contribution in [0, 0.1) is 34.9 Å². The fraction of sp³-hybridized carbons (Fsp3) is 0.433. The van der Waals surface area contributed by atoms with E-state index in [1.807, 2.05) is 25.1 Å². The summed E-state index contributed by atoms with van der Waals surface area (Å²) in [6.07, 6.45) is 11.0. The van der Waals surface area contributed by atoms with Gasteiger partial charge in [-0.1, -0.05) is 57.7 Å². The van der Waals surface area contributed by atoms with Gasteiger partial charge in [0, 0.05) is 34.2 Å². The normalized spacial score (nSPS) is 25.8. The number of benzene rings is 1. The summed E-state index contributed by atoms with van der Waals surface area (Å²) < 4.78 is 14.6. The van der Waals surface area contributed by atoms with Crippen LogP contribution in [0.25, 0.3) is 22.3 Å². The average molecular weight is 481 g/mol. The topological polar surface area (TPSA) is 79.5 Å². The number of Topliss-reactive ketones (excluding diaryl/α,β-unsaturated/α-hetero) is 1. The molecule has 6 heteroatoms. The van der Waals surface area contributed by atoms with Gasteiger partial charge in [-0.05, 0) is 48.8 Å². The minimum atomic E-state index is -0.540. The van der Waals surface area contributed by atoms with Crippen molar-refractivity contribution in [1.82, 2.24) is 15.0 Å². The van der Waals surface area contributed by atoms with Crippen LogP contribution >= 0.6 is 0 Å². The number of fused-ring (bicyclic) bond motifs is 4. The molecule has 0 N–H and O–H groups in total. The van der Waals surface area contributed by atoms with Crippen molar-refractivity contribution >= 4 is 16.7 Å². The molecule has 2 aromatic heterocycles. The van der Waals surface area contributed by atoms with Crippen LogP contribution in [-0.2, 0) is 23.1 Å². The van der Waals surface area contributed by atoms with Gasteiger partial charge in [0.15, 0.2) is 11.6 Å². The summed E-state index contributed by atoms with van der Waals surface area (Å²) in [7, 11) is 0. The fourth-order valence-electron chi connectivity index (χ4n) is 6.96. The van der Waals surface area contributed by atoms with Gasteiger partial charge in [-0.3, -0.25) is 9.78 Å². The Morgan fingerprint density at radius 1 is 1.17 bits per heavy atom. The second kappa shape index (κ2) is 8.58. The summed E-state index contributed by atoms with van der Waals surface area (Å²) in [6.45, 7) is 4.07. The molecule has 0 aliphatic heterocycles. The van der Waals surface area contributed by atoms with Crippen LogP contribution in [0.1, 0.15) is 62.9 Å². The molecule has 6 rings (SSSR count). The van der Waals surface area contributed by atoms with Gasteiger partial charge >= 0.3 is 0 Å². The zero-order chi connectivity index (χ0) is 25.0. The Morgan fingerprint density at radius 3 is 2.75 bits per heavy atom. The standard InChI is InChI=1S/C30H29FN4O/c1-17-23-11-10-22-25(14-18-6-3-4-7-18)34-29(21-12-13-33-26-20(21)8-5-9-24(26)31)35-28(22)30(23,2)15-19(16-32)27(17)36/h5,8-9,12-13,15,17-18,23H,3-4,6-7,10-11,14H2,1-2H3/t17-,23-,30-/m1/s1. The number of nitrogens with zero attached hydrogens (tertiary/aromatic N) is 4. The van der Waals surface area contributed by atoms with Gasteiger partial charge in [0.1, 0.15) is 17.4 Å². The smallest absolute Gasteiger partial charge is 0.176 e. The molecule has 3 aromatic rings. The summed E-state index contributed by atoms with van der Waals surface area (Å²) in [5, 5.41) is 10.4. The number of carbonyl (C=O) groups is 1. The van der Waals surface area contributed by atoms with E-state index in [-0.39, 0.29) is 29.0 Å². The molecule has 0 amide bonds. The summed E-state index contributed by atoms with van der Waals surface area (Å²) in [5.41, 5.74) is 3.91. The number of ketones is 1. The summed E-state index contributed by atoms with van der Waals surface area (Å²) in [5.74, 6) is 0.564. The van der Waals surface area contributed by atoms with E-state index >= 15 is 0 Å². The predicted molar refractivity (Wildman–Crippen MR) is 135 cm³/mol. The number of carbonyl (C=O) groups excluding carboxylic acids is 1. The van der Waals surface area contributed by atoms with Crippen LogP contribution in [-0.4, -0.2) is 20.7 Å². The average Bonchev–Trinajstić information content (AvgIpc) is 3.39. The van der Waals surface area contributed by atoms with Crippen LogP contribution in [0.4, 0.5) is 4.39 Å². The first-order valence-electron chi connectivity index (χ1n) is 13.0. The molecule has 36 heavy (non-hydrogen) atoms. The molecular formula is C30H29FN4O. The molecule has 0 radical (unpaired) electrons. The molecule has 2 heterocycles. The first kappa shape index (κ1) is 23.0. The second-order valence-electron chi connectivity index (χ2n) is 10.9. The van der Waals surface area contributed by atoms with Gasteiger partial charge < -0.3 is 0 Å². The largest absolute Gasteiger partial charge is 0.293 e. The van der Waals surface area contributed by atoms with Crippen molar-refractivity contribution in [2.24, 2.45) is 17.8 Å². The molecule has 3 aliphatic rings. The molecule has 0 unspecified atom stereocenters. The molecule has 5 nitrogen and oxygen atoms in total. The Kier molecular flexibility index (Phi) is 5.48. The molecule has 0 saturated heterocycles. The molecule has 3 aliphatic carbocycles. The first-order chi connectivity index (χ1) is 17.4. The maximum absolute atomic E-state index is 14.6. The quantitative estimate of drug-likeness (QED) is 0.456. The molecule has 0 bridgehead atoms. The monoisotopic (exact) mass is 480 g/mol. The number of aromatic nitrogens is 3. The van der Waals surface area contributed by atoms with Crippen LogP contribution in [0.5, 0.6) is 0 Å². The van der Waals surface area contributed by atoms with Gasteiger partial charge in [0.25, 0.3) is 0 Å². The third-order valence-corrected chi connectivity index (χ3v) is 8.85. The zero-order valence-electron chi connectivity index (χ0n) is 20.7. The Bertz CT molecular complexity index is 1470. The van der Waals surface area contributed by atoms with E-state index in [4.69, 9.17) is 9.97 Å². The van der Waals surface area contributed by atoms with Crippen molar-refractivity contribution in [2.75, 3.05) is 0 Å². The number of hydrogen-bond donors (Lipinski definition) is 0. The molecule has 0 spiro atoms. The van der Waals surface area contributed by atoms with E-state index in [1.54, 1.807) is 12.3 Å². The lowest BCUT2D eigenvalue weighted by Crippen LogP contribution is -2.46. The van der Waals surface area contributed by atoms with Crippen molar-refractivity contribution < 1.29 is 9.18 Å². The van der Waals surface area contributed by atoms with Crippen LogP contribution in [0.15, 0.2) is 42.1 Å². The van der Waals surface area contributed by atoms with Crippen molar-refractivity contribution in [1.29, 1.82) is 5.26 Å². The van der Waals surface area contributed by atoms with E-state index in [1.165, 1.54) is 37.3 Å². The van der Waals surface area contributed by atoms with Gasteiger partial charge in [0.05, 0.1) is 11.3 Å². The third kappa shape index (κ3) is 3.48. The molecule has 1 aromatic carbocycles. The number of halogens is 1. The fourth-order valence-corrected chi connectivity index (χ4v) is 6.96. The Balaban J connectivity index is 1.60. The number of rotatable bonds is 3. The van der Waals surface area contributed by atoms with Gasteiger partial charge in [-0.25, -0.2) is 14.4 Å². The van der Waals surface area contributed by atoms with Gasteiger partial charge in [-0.2, -0.15) is 5.26 Å². The lowest BCUT2D eigenvalue weighted by atomic mass is 9.57. The molecule has 182 valence electrons. The minimum Gasteiger partial charge on any atom is -0.293 e. The number of hydrogen-bond acceptors (Lipinski definition) is 5. The maximum atomic E-state index is 14.6. The third-order valence-electron chi connectivity index (χ3n) is 8.85. The first-order valence-corrected chi connectivity index (χ1v) is 13.0. The van der Waals surface area contributed by atoms with Crippen molar-refractivity contribution in [3.63, 3.8) is 0 Å². The highest BCUT2D eigenvalue weighted by Crippen LogP contribution is 2.50. The van der Waals surface area contributed by atoms with Crippen molar-refractivity contribution in [3.05, 3.63) is 64.9 Å². The second-order valence-corrected chi connectivity index (χ2v) is 10.9. The van der Waals surface area contributed by atoms with Gasteiger partial charge in [-0.15, -0.1) is 0 Å². The molecule has 3 atom stereocenters. The molecule has 1 fully saturated rings. The van der Waals surface area contributed by atoms with E-state index in [2.05, 4.69) is 18.0 Å². The summed E-state index contributed by atoms with van der Waals surface area (Å²) in [4.78, 5) is 27.4. The maximum Gasteiger partial charge on any atom is 0.176 e. The molecule has 1 saturated carbocycles. The van der Waals surface area contributed by atoms with E-state index in [9.17, 15) is 14.4 Å². The van der Waals surface area contributed by atoms with Crippen LogP contribution < -0.4 is 0 Å². The highest BCUT2D eigenvalue weighted by atomic mass is 19.1. The lowest BCUT2D eigenvalue weighted by molar-refractivity contribution is -0.121. The van der Waals surface area contributed by atoms with Crippen LogP contribution in [0.2, 0.25) is 0 Å². The van der Waals surface area contributed by atoms with E-state index < -0.39 is 5.41 Å². The number of para-hydroxylation sites is 1. The highest BCUT2D eigenvalue weighted by Gasteiger charge is 2.49. The van der Waals surface area contributed by atoms with Crippen LogP contribution in [0.3, 0.4) is 0 Å². The Labute approximate surface area is 210 Å².